The topological polar surface area (TPSA) is 65.2 Å². The molecule has 4 heteroatoms. The van der Waals surface area contributed by atoms with Crippen molar-refractivity contribution < 1.29 is 10.2 Å². The summed E-state index contributed by atoms with van der Waals surface area (Å²) in [5.74, 6) is 0.147. The lowest BCUT2D eigenvalue weighted by molar-refractivity contribution is 0.475. The first-order chi connectivity index (χ1) is 10.2. The van der Waals surface area contributed by atoms with Crippen LogP contribution in [0.4, 0.5) is 11.4 Å². The first-order valence-electron chi connectivity index (χ1n) is 6.58. The smallest absolute Gasteiger partial charge is 0.150 e. The first-order valence-corrected chi connectivity index (χ1v) is 6.58. The van der Waals surface area contributed by atoms with Crippen LogP contribution in [0, 0.1) is 6.92 Å². The van der Waals surface area contributed by atoms with E-state index in [1.165, 1.54) is 0 Å². The first kappa shape index (κ1) is 13.1. The summed E-state index contributed by atoms with van der Waals surface area (Å²) in [5.41, 5.74) is 1.76. The highest BCUT2D eigenvalue weighted by Gasteiger charge is 2.08. The van der Waals surface area contributed by atoms with Crippen molar-refractivity contribution in [1.82, 2.24) is 0 Å². The van der Waals surface area contributed by atoms with Gasteiger partial charge in [0, 0.05) is 5.39 Å². The van der Waals surface area contributed by atoms with Crippen LogP contribution < -0.4 is 0 Å². The van der Waals surface area contributed by atoms with Crippen molar-refractivity contribution in [2.75, 3.05) is 0 Å². The number of fused-ring (bicyclic) bond motifs is 1. The van der Waals surface area contributed by atoms with Crippen LogP contribution >= 0.6 is 0 Å². The summed E-state index contributed by atoms with van der Waals surface area (Å²) in [7, 11) is 0. The van der Waals surface area contributed by atoms with Crippen LogP contribution in [0.3, 0.4) is 0 Å². The number of aryl methyl sites for hydroxylation is 1. The van der Waals surface area contributed by atoms with Gasteiger partial charge in [0.1, 0.15) is 17.1 Å². The van der Waals surface area contributed by atoms with E-state index in [2.05, 4.69) is 10.2 Å². The molecule has 4 nitrogen and oxygen atoms in total. The second-order valence-corrected chi connectivity index (χ2v) is 4.80. The molecular weight excluding hydrogens is 264 g/mol. The van der Waals surface area contributed by atoms with E-state index in [1.54, 1.807) is 30.3 Å². The molecule has 0 aromatic heterocycles. The number of para-hydroxylation sites is 1. The second-order valence-electron chi connectivity index (χ2n) is 4.80. The van der Waals surface area contributed by atoms with Gasteiger partial charge in [-0.3, -0.25) is 0 Å². The summed E-state index contributed by atoms with van der Waals surface area (Å²) in [4.78, 5) is 0. The zero-order valence-corrected chi connectivity index (χ0v) is 11.5. The van der Waals surface area contributed by atoms with E-state index in [1.807, 2.05) is 31.2 Å². The molecule has 104 valence electrons. The van der Waals surface area contributed by atoms with Crippen LogP contribution in [0.15, 0.2) is 64.8 Å². The minimum absolute atomic E-state index is 0.0539. The van der Waals surface area contributed by atoms with Gasteiger partial charge in [0.25, 0.3) is 0 Å². The Balaban J connectivity index is 2.09. The van der Waals surface area contributed by atoms with Gasteiger partial charge in [0.2, 0.25) is 0 Å². The van der Waals surface area contributed by atoms with E-state index in [0.717, 1.165) is 16.3 Å². The lowest BCUT2D eigenvalue weighted by atomic mass is 10.0. The van der Waals surface area contributed by atoms with Crippen molar-refractivity contribution in [3.63, 3.8) is 0 Å². The van der Waals surface area contributed by atoms with Gasteiger partial charge in [-0.25, -0.2) is 0 Å². The van der Waals surface area contributed by atoms with E-state index < -0.39 is 0 Å². The molecule has 0 spiro atoms. The molecular formula is C17H14N2O2. The van der Waals surface area contributed by atoms with Crippen LogP contribution in [0.1, 0.15) is 5.56 Å². The van der Waals surface area contributed by atoms with Gasteiger partial charge in [-0.05, 0) is 36.1 Å². The molecule has 0 atom stereocenters. The standard InChI is InChI=1S/C17H14N2O2/c1-11-10-15(17(21)13-7-3-2-6-12(11)13)19-18-14-8-4-5-9-16(14)20/h2-10,20-21H,1H3. The summed E-state index contributed by atoms with van der Waals surface area (Å²) < 4.78 is 0. The molecule has 0 aliphatic carbocycles. The van der Waals surface area contributed by atoms with Gasteiger partial charge in [0.05, 0.1) is 0 Å². The van der Waals surface area contributed by atoms with Crippen LogP contribution in [0.5, 0.6) is 11.5 Å². The third-order valence-corrected chi connectivity index (χ3v) is 3.35. The second kappa shape index (κ2) is 5.25. The predicted molar refractivity (Wildman–Crippen MR) is 82.6 cm³/mol. The molecule has 0 bridgehead atoms. The van der Waals surface area contributed by atoms with E-state index in [-0.39, 0.29) is 11.5 Å². The van der Waals surface area contributed by atoms with Crippen LogP contribution in [0.25, 0.3) is 10.8 Å². The highest BCUT2D eigenvalue weighted by molar-refractivity contribution is 5.94. The average molecular weight is 278 g/mol. The van der Waals surface area contributed by atoms with Crippen molar-refractivity contribution >= 4 is 22.1 Å². The van der Waals surface area contributed by atoms with Gasteiger partial charge in [-0.15, -0.1) is 10.2 Å². The summed E-state index contributed by atoms with van der Waals surface area (Å²) >= 11 is 0. The van der Waals surface area contributed by atoms with E-state index in [9.17, 15) is 10.2 Å². The maximum atomic E-state index is 10.3. The number of phenolic OH excluding ortho intramolecular Hbond substituents is 2. The zero-order chi connectivity index (χ0) is 14.8. The molecule has 2 N–H and O–H groups in total. The number of aromatic hydroxyl groups is 2. The maximum Gasteiger partial charge on any atom is 0.150 e. The molecule has 0 fully saturated rings. The van der Waals surface area contributed by atoms with Gasteiger partial charge in [-0.2, -0.15) is 0 Å². The number of nitrogens with zero attached hydrogens (tertiary/aromatic N) is 2. The number of benzene rings is 3. The monoisotopic (exact) mass is 278 g/mol. The Kier molecular flexibility index (Phi) is 3.28. The third kappa shape index (κ3) is 2.43. The number of hydrogen-bond donors (Lipinski definition) is 2. The fraction of sp³-hybridized carbons (Fsp3) is 0.0588. The Morgan fingerprint density at radius 2 is 1.38 bits per heavy atom. The number of rotatable bonds is 2. The van der Waals surface area contributed by atoms with Crippen LogP contribution in [-0.4, -0.2) is 10.2 Å². The fourth-order valence-corrected chi connectivity index (χ4v) is 2.26. The Morgan fingerprint density at radius 3 is 2.14 bits per heavy atom. The summed E-state index contributed by atoms with van der Waals surface area (Å²) in [6.07, 6.45) is 0. The minimum Gasteiger partial charge on any atom is -0.506 e. The molecule has 0 heterocycles. The van der Waals surface area contributed by atoms with E-state index in [0.29, 0.717) is 11.4 Å². The molecule has 0 aliphatic heterocycles. The lowest BCUT2D eigenvalue weighted by Gasteiger charge is -2.07. The SMILES string of the molecule is Cc1cc(N=Nc2ccccc2O)c(O)c2ccccc12. The van der Waals surface area contributed by atoms with E-state index in [4.69, 9.17) is 0 Å². The maximum absolute atomic E-state index is 10.3. The van der Waals surface area contributed by atoms with Crippen molar-refractivity contribution in [2.45, 2.75) is 6.92 Å². The summed E-state index contributed by atoms with van der Waals surface area (Å²) in [6.45, 7) is 1.96. The van der Waals surface area contributed by atoms with Gasteiger partial charge in [-0.1, -0.05) is 36.4 Å². The van der Waals surface area contributed by atoms with Crippen molar-refractivity contribution in [3.05, 3.63) is 60.2 Å². The third-order valence-electron chi connectivity index (χ3n) is 3.35. The fourth-order valence-electron chi connectivity index (χ4n) is 2.26. The van der Waals surface area contributed by atoms with Gasteiger partial charge < -0.3 is 10.2 Å². The lowest BCUT2D eigenvalue weighted by Crippen LogP contribution is -1.80. The highest BCUT2D eigenvalue weighted by atomic mass is 16.3. The molecule has 3 rings (SSSR count). The molecule has 21 heavy (non-hydrogen) atoms. The number of phenols is 2. The summed E-state index contributed by atoms with van der Waals surface area (Å²) in [6, 6.07) is 16.0. The normalized spacial score (nSPS) is 11.3. The van der Waals surface area contributed by atoms with Gasteiger partial charge >= 0.3 is 0 Å². The Morgan fingerprint density at radius 1 is 0.762 bits per heavy atom. The molecule has 0 radical (unpaired) electrons. The molecule has 3 aromatic carbocycles. The quantitative estimate of drug-likeness (QED) is 0.649. The minimum atomic E-state index is 0.0539. The van der Waals surface area contributed by atoms with Crippen molar-refractivity contribution in [2.24, 2.45) is 10.2 Å². The molecule has 0 saturated carbocycles. The molecule has 0 unspecified atom stereocenters. The largest absolute Gasteiger partial charge is 0.506 e. The Labute approximate surface area is 122 Å². The Bertz CT molecular complexity index is 841. The molecule has 0 saturated heterocycles. The van der Waals surface area contributed by atoms with Crippen LogP contribution in [0.2, 0.25) is 0 Å². The Hall–Kier alpha value is -2.88. The number of azo groups is 1. The number of hydrogen-bond acceptors (Lipinski definition) is 4. The molecule has 0 aliphatic rings. The van der Waals surface area contributed by atoms with Crippen LogP contribution in [-0.2, 0) is 0 Å². The van der Waals surface area contributed by atoms with Crippen molar-refractivity contribution in [3.8, 4) is 11.5 Å². The van der Waals surface area contributed by atoms with E-state index >= 15 is 0 Å². The predicted octanol–water partition coefficient (Wildman–Crippen LogP) is 4.97. The van der Waals surface area contributed by atoms with Crippen molar-refractivity contribution in [1.29, 1.82) is 0 Å². The summed E-state index contributed by atoms with van der Waals surface area (Å²) in [5, 5.41) is 29.8. The molecule has 0 amide bonds. The average Bonchev–Trinajstić information content (AvgIpc) is 2.51. The van der Waals surface area contributed by atoms with Gasteiger partial charge in [0.15, 0.2) is 5.75 Å². The zero-order valence-electron chi connectivity index (χ0n) is 11.5. The molecule has 3 aromatic rings. The highest BCUT2D eigenvalue weighted by Crippen LogP contribution is 2.38.